The minimum absolute atomic E-state index is 0.205. The highest BCUT2D eigenvalue weighted by molar-refractivity contribution is 5.79. The van der Waals surface area contributed by atoms with Gasteiger partial charge in [-0.3, -0.25) is 0 Å². The zero-order chi connectivity index (χ0) is 18.8. The van der Waals surface area contributed by atoms with Crippen molar-refractivity contribution >= 4 is 11.7 Å². The second-order valence-corrected chi connectivity index (χ2v) is 8.36. The van der Waals surface area contributed by atoms with Crippen molar-refractivity contribution in [1.29, 1.82) is 0 Å². The average Bonchev–Trinajstić information content (AvgIpc) is 2.47. The molecule has 140 valence electrons. The third-order valence-corrected chi connectivity index (χ3v) is 4.31. The van der Waals surface area contributed by atoms with Crippen LogP contribution in [0.5, 0.6) is 5.75 Å². The molecular formula is C20H32N2O3. The number of piperidine rings is 1. The van der Waals surface area contributed by atoms with E-state index in [1.165, 1.54) is 0 Å². The second-order valence-electron chi connectivity index (χ2n) is 8.36. The maximum atomic E-state index is 12.5. The minimum atomic E-state index is -1.06. The second kappa shape index (κ2) is 7.24. The zero-order valence-electron chi connectivity index (χ0n) is 16.4. The van der Waals surface area contributed by atoms with Crippen LogP contribution in [0, 0.1) is 6.92 Å². The van der Waals surface area contributed by atoms with E-state index in [1.807, 2.05) is 39.8 Å². The molecule has 0 spiro atoms. The summed E-state index contributed by atoms with van der Waals surface area (Å²) in [5, 5.41) is 0. The van der Waals surface area contributed by atoms with Gasteiger partial charge in [-0.25, -0.2) is 4.79 Å². The molecule has 0 amide bonds. The van der Waals surface area contributed by atoms with Gasteiger partial charge < -0.3 is 20.1 Å². The molecule has 1 atom stereocenters. The summed E-state index contributed by atoms with van der Waals surface area (Å²) in [4.78, 5) is 14.8. The SMILES string of the molecule is Cc1c(OC(C)(C)C(=O)OC(C)(C)C)cccc1N1CCC[C@@H](N)C1. The van der Waals surface area contributed by atoms with E-state index in [0.717, 1.165) is 37.2 Å². The van der Waals surface area contributed by atoms with Crippen molar-refractivity contribution in [2.75, 3.05) is 18.0 Å². The molecule has 2 N–H and O–H groups in total. The van der Waals surface area contributed by atoms with Crippen molar-refractivity contribution in [3.05, 3.63) is 23.8 Å². The Morgan fingerprint density at radius 3 is 2.52 bits per heavy atom. The Hall–Kier alpha value is -1.75. The van der Waals surface area contributed by atoms with Crippen molar-refractivity contribution in [2.45, 2.75) is 71.6 Å². The number of nitrogens with two attached hydrogens (primary N) is 1. The molecule has 5 nitrogen and oxygen atoms in total. The van der Waals surface area contributed by atoms with Crippen LogP contribution in [0.4, 0.5) is 5.69 Å². The van der Waals surface area contributed by atoms with Crippen LogP contribution in [0.15, 0.2) is 18.2 Å². The molecule has 0 radical (unpaired) electrons. The monoisotopic (exact) mass is 348 g/mol. The molecule has 1 aliphatic rings. The van der Waals surface area contributed by atoms with Crippen molar-refractivity contribution in [3.63, 3.8) is 0 Å². The molecule has 1 aliphatic heterocycles. The predicted octanol–water partition coefficient (Wildman–Crippen LogP) is 3.42. The van der Waals surface area contributed by atoms with Gasteiger partial charge in [0.15, 0.2) is 5.60 Å². The molecule has 25 heavy (non-hydrogen) atoms. The van der Waals surface area contributed by atoms with Crippen molar-refractivity contribution in [2.24, 2.45) is 5.73 Å². The van der Waals surface area contributed by atoms with Crippen LogP contribution in [0.1, 0.15) is 53.0 Å². The number of anilines is 1. The zero-order valence-corrected chi connectivity index (χ0v) is 16.4. The number of ether oxygens (including phenoxy) is 2. The maximum absolute atomic E-state index is 12.5. The molecule has 1 aromatic rings. The van der Waals surface area contributed by atoms with Crippen molar-refractivity contribution < 1.29 is 14.3 Å². The molecule has 1 heterocycles. The summed E-state index contributed by atoms with van der Waals surface area (Å²) in [6.45, 7) is 12.9. The van der Waals surface area contributed by atoms with Crippen molar-refractivity contribution in [3.8, 4) is 5.75 Å². The smallest absolute Gasteiger partial charge is 0.350 e. The molecule has 0 bridgehead atoms. The number of esters is 1. The average molecular weight is 348 g/mol. The lowest BCUT2D eigenvalue weighted by Gasteiger charge is -2.35. The van der Waals surface area contributed by atoms with Crippen LogP contribution >= 0.6 is 0 Å². The van der Waals surface area contributed by atoms with Gasteiger partial charge in [0.05, 0.1) is 0 Å². The van der Waals surface area contributed by atoms with Gasteiger partial charge in [0.25, 0.3) is 0 Å². The molecule has 1 saturated heterocycles. The quantitative estimate of drug-likeness (QED) is 0.845. The summed E-state index contributed by atoms with van der Waals surface area (Å²) < 4.78 is 11.6. The Labute approximate surface area is 151 Å². The van der Waals surface area contributed by atoms with E-state index < -0.39 is 11.2 Å². The Morgan fingerprint density at radius 2 is 1.92 bits per heavy atom. The summed E-state index contributed by atoms with van der Waals surface area (Å²) in [5.74, 6) is 0.331. The van der Waals surface area contributed by atoms with Gasteiger partial charge in [-0.2, -0.15) is 0 Å². The van der Waals surface area contributed by atoms with E-state index in [0.29, 0.717) is 5.75 Å². The fourth-order valence-electron chi connectivity index (χ4n) is 3.00. The molecule has 0 saturated carbocycles. The highest BCUT2D eigenvalue weighted by atomic mass is 16.6. The lowest BCUT2D eigenvalue weighted by Crippen LogP contribution is -2.44. The van der Waals surface area contributed by atoms with Gasteiger partial charge in [0, 0.05) is 30.4 Å². The van der Waals surface area contributed by atoms with Crippen LogP contribution in [-0.4, -0.2) is 36.3 Å². The van der Waals surface area contributed by atoms with Gasteiger partial charge in [0.1, 0.15) is 11.4 Å². The molecule has 0 unspecified atom stereocenters. The first-order valence-corrected chi connectivity index (χ1v) is 9.02. The van der Waals surface area contributed by atoms with E-state index in [4.69, 9.17) is 15.2 Å². The van der Waals surface area contributed by atoms with E-state index in [1.54, 1.807) is 13.8 Å². The predicted molar refractivity (Wildman–Crippen MR) is 101 cm³/mol. The summed E-state index contributed by atoms with van der Waals surface area (Å²) in [6, 6.07) is 6.15. The number of hydrogen-bond acceptors (Lipinski definition) is 5. The highest BCUT2D eigenvalue weighted by Gasteiger charge is 2.35. The Bertz CT molecular complexity index is 620. The maximum Gasteiger partial charge on any atom is 0.350 e. The first kappa shape index (κ1) is 19.6. The third-order valence-electron chi connectivity index (χ3n) is 4.31. The van der Waals surface area contributed by atoms with Crippen LogP contribution in [0.3, 0.4) is 0 Å². The van der Waals surface area contributed by atoms with Gasteiger partial charge in [-0.1, -0.05) is 6.07 Å². The lowest BCUT2D eigenvalue weighted by atomic mass is 10.0. The molecule has 5 heteroatoms. The minimum Gasteiger partial charge on any atom is -0.476 e. The Balaban J connectivity index is 2.20. The molecule has 1 aromatic carbocycles. The first-order chi connectivity index (χ1) is 11.5. The topological polar surface area (TPSA) is 64.8 Å². The number of carbonyl (C=O) groups is 1. The highest BCUT2D eigenvalue weighted by Crippen LogP contribution is 2.32. The molecule has 1 fully saturated rings. The van der Waals surface area contributed by atoms with E-state index in [-0.39, 0.29) is 12.0 Å². The molecule has 0 aliphatic carbocycles. The van der Waals surface area contributed by atoms with Crippen LogP contribution in [-0.2, 0) is 9.53 Å². The third kappa shape index (κ3) is 5.11. The van der Waals surface area contributed by atoms with Crippen LogP contribution in [0.2, 0.25) is 0 Å². The van der Waals surface area contributed by atoms with E-state index in [2.05, 4.69) is 11.0 Å². The lowest BCUT2D eigenvalue weighted by molar-refractivity contribution is -0.170. The first-order valence-electron chi connectivity index (χ1n) is 9.02. The van der Waals surface area contributed by atoms with Crippen molar-refractivity contribution in [1.82, 2.24) is 0 Å². The largest absolute Gasteiger partial charge is 0.476 e. The number of hydrogen-bond donors (Lipinski definition) is 1. The molecule has 2 rings (SSSR count). The van der Waals surface area contributed by atoms with Gasteiger partial charge in [0.2, 0.25) is 0 Å². The van der Waals surface area contributed by atoms with Gasteiger partial charge >= 0.3 is 5.97 Å². The van der Waals surface area contributed by atoms with Gasteiger partial charge in [-0.15, -0.1) is 0 Å². The molecule has 0 aromatic heterocycles. The van der Waals surface area contributed by atoms with Gasteiger partial charge in [-0.05, 0) is 66.5 Å². The number of carbonyl (C=O) groups excluding carboxylic acids is 1. The summed E-state index contributed by atoms with van der Waals surface area (Å²) >= 11 is 0. The fourth-order valence-corrected chi connectivity index (χ4v) is 3.00. The number of rotatable bonds is 4. The Morgan fingerprint density at radius 1 is 1.24 bits per heavy atom. The normalized spacial score (nSPS) is 18.8. The van der Waals surface area contributed by atoms with E-state index >= 15 is 0 Å². The fraction of sp³-hybridized carbons (Fsp3) is 0.650. The number of nitrogens with zero attached hydrogens (tertiary/aromatic N) is 1. The summed E-state index contributed by atoms with van der Waals surface area (Å²) in [7, 11) is 0. The molecular weight excluding hydrogens is 316 g/mol. The van der Waals surface area contributed by atoms with Crippen LogP contribution in [0.25, 0.3) is 0 Å². The van der Waals surface area contributed by atoms with E-state index in [9.17, 15) is 4.79 Å². The summed E-state index contributed by atoms with van der Waals surface area (Å²) in [5.41, 5.74) is 6.65. The number of benzene rings is 1. The Kier molecular flexibility index (Phi) is 5.67. The van der Waals surface area contributed by atoms with Crippen LogP contribution < -0.4 is 15.4 Å². The standard InChI is InChI=1S/C20H32N2O3/c1-14-16(22-12-8-9-15(21)13-22)10-7-11-17(14)24-20(5,6)18(23)25-19(2,3)4/h7,10-11,15H,8-9,12-13,21H2,1-6H3/t15-/m1/s1. The summed E-state index contributed by atoms with van der Waals surface area (Å²) in [6.07, 6.45) is 2.16.